The third-order valence-electron chi connectivity index (χ3n) is 1.63. The maximum atomic E-state index is 5.97. The Bertz CT molecular complexity index is 345. The van der Waals surface area contributed by atoms with E-state index in [-0.39, 0.29) is 15.1 Å². The maximum Gasteiger partial charge on any atom is 0.0857 e. The van der Waals surface area contributed by atoms with Gasteiger partial charge in [0, 0.05) is 14.1 Å². The Balaban J connectivity index is 3.60. The average Bonchev–Trinajstić information content (AvgIpc) is 2.11. The van der Waals surface area contributed by atoms with E-state index in [1.807, 2.05) is 0 Å². The van der Waals surface area contributed by atoms with E-state index in [9.17, 15) is 0 Å². The topological polar surface area (TPSA) is 3.24 Å². The molecule has 0 aliphatic carbocycles. The molecule has 0 amide bonds. The van der Waals surface area contributed by atoms with E-state index >= 15 is 0 Å². The van der Waals surface area contributed by atoms with Gasteiger partial charge in [0.15, 0.2) is 0 Å². The summed E-state index contributed by atoms with van der Waals surface area (Å²) in [7, 11) is 3.57. The molecular formula is C8H6Cl5N. The van der Waals surface area contributed by atoms with Gasteiger partial charge in [0.25, 0.3) is 0 Å². The van der Waals surface area contributed by atoms with Crippen LogP contribution in [0, 0.1) is 0 Å². The first-order chi connectivity index (χ1) is 6.37. The number of hydrogen-bond acceptors (Lipinski definition) is 1. The Morgan fingerprint density at radius 1 is 0.643 bits per heavy atom. The van der Waals surface area contributed by atoms with Crippen molar-refractivity contribution in [2.24, 2.45) is 0 Å². The lowest BCUT2D eigenvalue weighted by molar-refractivity contribution is 1.13. The van der Waals surface area contributed by atoms with Crippen LogP contribution in [0.5, 0.6) is 0 Å². The van der Waals surface area contributed by atoms with Crippen LogP contribution < -0.4 is 4.90 Å². The highest BCUT2D eigenvalue weighted by Crippen LogP contribution is 2.47. The second kappa shape index (κ2) is 4.54. The van der Waals surface area contributed by atoms with Crippen LogP contribution in [0.3, 0.4) is 0 Å². The molecule has 0 spiro atoms. The molecule has 14 heavy (non-hydrogen) atoms. The first-order valence-corrected chi connectivity index (χ1v) is 5.45. The Hall–Kier alpha value is 0.470. The smallest absolute Gasteiger partial charge is 0.0857 e. The number of hydrogen-bond donors (Lipinski definition) is 0. The fourth-order valence-corrected chi connectivity index (χ4v) is 2.45. The summed E-state index contributed by atoms with van der Waals surface area (Å²) >= 11 is 29.5. The van der Waals surface area contributed by atoms with E-state index in [1.54, 1.807) is 19.0 Å². The molecule has 0 saturated heterocycles. The monoisotopic (exact) mass is 291 g/mol. The van der Waals surface area contributed by atoms with Gasteiger partial charge in [-0.2, -0.15) is 0 Å². The van der Waals surface area contributed by atoms with Crippen LogP contribution in [0.2, 0.25) is 25.1 Å². The largest absolute Gasteiger partial charge is 0.375 e. The highest BCUT2D eigenvalue weighted by molar-refractivity contribution is 6.56. The van der Waals surface area contributed by atoms with E-state index in [0.29, 0.717) is 15.7 Å². The molecule has 0 bridgehead atoms. The van der Waals surface area contributed by atoms with E-state index in [0.717, 1.165) is 0 Å². The van der Waals surface area contributed by atoms with Crippen molar-refractivity contribution in [2.45, 2.75) is 0 Å². The second-order valence-corrected chi connectivity index (χ2v) is 4.70. The van der Waals surface area contributed by atoms with Gasteiger partial charge in [-0.1, -0.05) is 58.0 Å². The van der Waals surface area contributed by atoms with Gasteiger partial charge in [-0.05, 0) is 0 Å². The Morgan fingerprint density at radius 2 is 0.929 bits per heavy atom. The molecule has 0 fully saturated rings. The third-order valence-corrected chi connectivity index (χ3v) is 3.89. The SMILES string of the molecule is CN(C)c1c(Cl)c(Cl)c(Cl)c(Cl)c1Cl. The lowest BCUT2D eigenvalue weighted by Crippen LogP contribution is -2.10. The standard InChI is InChI=1S/C8H6Cl5N/c1-14(2)8-6(12)4(10)3(9)5(11)7(8)13/h1-2H3. The van der Waals surface area contributed by atoms with Gasteiger partial charge < -0.3 is 4.90 Å². The molecule has 1 rings (SSSR count). The zero-order valence-electron chi connectivity index (χ0n) is 7.34. The maximum absolute atomic E-state index is 5.97. The molecule has 1 nitrogen and oxygen atoms in total. The average molecular weight is 293 g/mol. The Labute approximate surface area is 107 Å². The summed E-state index contributed by atoms with van der Waals surface area (Å²) in [5, 5.41) is 1.21. The van der Waals surface area contributed by atoms with Crippen molar-refractivity contribution in [2.75, 3.05) is 19.0 Å². The highest BCUT2D eigenvalue weighted by Gasteiger charge is 2.20. The molecule has 0 unspecified atom stereocenters. The number of halogens is 5. The second-order valence-electron chi connectivity index (χ2n) is 2.81. The molecule has 0 heterocycles. The van der Waals surface area contributed by atoms with Gasteiger partial charge in [-0.25, -0.2) is 0 Å². The number of anilines is 1. The fraction of sp³-hybridized carbons (Fsp3) is 0.250. The third kappa shape index (κ3) is 2.02. The summed E-state index contributed by atoms with van der Waals surface area (Å²) < 4.78 is 0. The van der Waals surface area contributed by atoms with Crippen LogP contribution in [0.4, 0.5) is 5.69 Å². The van der Waals surface area contributed by atoms with Crippen LogP contribution in [0.1, 0.15) is 0 Å². The fourth-order valence-electron chi connectivity index (χ4n) is 0.986. The summed E-state index contributed by atoms with van der Waals surface area (Å²) in [6.07, 6.45) is 0. The molecule has 6 heteroatoms. The van der Waals surface area contributed by atoms with Gasteiger partial charge in [0.1, 0.15) is 0 Å². The molecule has 0 aliphatic heterocycles. The first kappa shape index (κ1) is 12.5. The predicted octanol–water partition coefficient (Wildman–Crippen LogP) is 5.02. The molecule has 1 aromatic rings. The van der Waals surface area contributed by atoms with Crippen molar-refractivity contribution >= 4 is 63.7 Å². The summed E-state index contributed by atoms with van der Waals surface area (Å²) in [4.78, 5) is 1.72. The van der Waals surface area contributed by atoms with E-state index < -0.39 is 0 Å². The van der Waals surface area contributed by atoms with Crippen molar-refractivity contribution in [3.63, 3.8) is 0 Å². The zero-order valence-corrected chi connectivity index (χ0v) is 11.1. The summed E-state index contributed by atoms with van der Waals surface area (Å²) in [5.74, 6) is 0. The van der Waals surface area contributed by atoms with Gasteiger partial charge in [-0.3, -0.25) is 0 Å². The molecule has 0 aliphatic rings. The summed E-state index contributed by atoms with van der Waals surface area (Å²) in [6, 6.07) is 0. The minimum absolute atomic E-state index is 0.175. The number of rotatable bonds is 1. The number of nitrogens with zero attached hydrogens (tertiary/aromatic N) is 1. The quantitative estimate of drug-likeness (QED) is 0.519. The molecule has 0 atom stereocenters. The van der Waals surface area contributed by atoms with E-state index in [4.69, 9.17) is 58.0 Å². The number of benzene rings is 1. The van der Waals surface area contributed by atoms with E-state index in [1.165, 1.54) is 0 Å². The minimum atomic E-state index is 0.175. The van der Waals surface area contributed by atoms with Crippen LogP contribution >= 0.6 is 58.0 Å². The first-order valence-electron chi connectivity index (χ1n) is 3.56. The lowest BCUT2D eigenvalue weighted by atomic mass is 10.3. The summed E-state index contributed by atoms with van der Waals surface area (Å²) in [6.45, 7) is 0. The van der Waals surface area contributed by atoms with Gasteiger partial charge >= 0.3 is 0 Å². The van der Waals surface area contributed by atoms with Gasteiger partial charge in [0.05, 0.1) is 30.8 Å². The molecule has 0 N–H and O–H groups in total. The zero-order chi connectivity index (χ0) is 11.0. The van der Waals surface area contributed by atoms with Crippen molar-refractivity contribution in [3.8, 4) is 0 Å². The molecule has 0 aromatic heterocycles. The van der Waals surface area contributed by atoms with Gasteiger partial charge in [-0.15, -0.1) is 0 Å². The molecule has 0 saturated carbocycles. The van der Waals surface area contributed by atoms with Crippen LogP contribution in [-0.4, -0.2) is 14.1 Å². The lowest BCUT2D eigenvalue weighted by Gasteiger charge is -2.18. The van der Waals surface area contributed by atoms with Crippen LogP contribution in [0.25, 0.3) is 0 Å². The highest BCUT2D eigenvalue weighted by atomic mass is 35.5. The molecule has 0 radical (unpaired) electrons. The van der Waals surface area contributed by atoms with Crippen LogP contribution in [0.15, 0.2) is 0 Å². The van der Waals surface area contributed by atoms with Crippen LogP contribution in [-0.2, 0) is 0 Å². The predicted molar refractivity (Wildman–Crippen MR) is 65.8 cm³/mol. The van der Waals surface area contributed by atoms with Gasteiger partial charge in [0.2, 0.25) is 0 Å². The van der Waals surface area contributed by atoms with Crippen molar-refractivity contribution in [1.29, 1.82) is 0 Å². The summed E-state index contributed by atoms with van der Waals surface area (Å²) in [5.41, 5.74) is 0.563. The molecular weight excluding hydrogens is 287 g/mol. The molecule has 1 aromatic carbocycles. The normalized spacial score (nSPS) is 10.5. The van der Waals surface area contributed by atoms with E-state index in [2.05, 4.69) is 0 Å². The van der Waals surface area contributed by atoms with Crippen molar-refractivity contribution < 1.29 is 0 Å². The molecule has 78 valence electrons. The Morgan fingerprint density at radius 3 is 1.21 bits per heavy atom. The minimum Gasteiger partial charge on any atom is -0.375 e. The van der Waals surface area contributed by atoms with Crippen molar-refractivity contribution in [3.05, 3.63) is 25.1 Å². The Kier molecular flexibility index (Phi) is 4.07. The van der Waals surface area contributed by atoms with Crippen molar-refractivity contribution in [1.82, 2.24) is 0 Å².